The van der Waals surface area contributed by atoms with Crippen LogP contribution in [0.3, 0.4) is 0 Å². The van der Waals surface area contributed by atoms with Crippen LogP contribution >= 0.6 is 27.5 Å². The van der Waals surface area contributed by atoms with Crippen molar-refractivity contribution in [1.29, 1.82) is 0 Å². The predicted molar refractivity (Wildman–Crippen MR) is 72.3 cm³/mol. The molecule has 0 radical (unpaired) electrons. The maximum absolute atomic E-state index is 13.1. The Balaban J connectivity index is 2.43. The molecule has 0 aliphatic heterocycles. The van der Waals surface area contributed by atoms with Crippen molar-refractivity contribution in [2.45, 2.75) is 0 Å². The van der Waals surface area contributed by atoms with Gasteiger partial charge in [0.2, 0.25) is 5.75 Å². The minimum atomic E-state index is -0.617. The summed E-state index contributed by atoms with van der Waals surface area (Å²) in [4.78, 5) is 10.3. The van der Waals surface area contributed by atoms with Crippen LogP contribution < -0.4 is 4.74 Å². The molecule has 19 heavy (non-hydrogen) atoms. The number of nitrogens with zero attached hydrogens (tertiary/aromatic N) is 1. The SMILES string of the molecule is O=[N+]([O-])c1cc(Cl)ccc1Oc1cc(F)ccc1Br. The van der Waals surface area contributed by atoms with E-state index in [4.69, 9.17) is 16.3 Å². The summed E-state index contributed by atoms with van der Waals surface area (Å²) in [6.45, 7) is 0. The van der Waals surface area contributed by atoms with E-state index < -0.39 is 10.7 Å². The van der Waals surface area contributed by atoms with Gasteiger partial charge in [-0.25, -0.2) is 4.39 Å². The first-order chi connectivity index (χ1) is 8.97. The van der Waals surface area contributed by atoms with Crippen molar-refractivity contribution in [3.05, 3.63) is 61.8 Å². The highest BCUT2D eigenvalue weighted by Crippen LogP contribution is 2.36. The molecule has 0 saturated heterocycles. The molecular formula is C12H6BrClFNO3. The molecule has 0 amide bonds. The van der Waals surface area contributed by atoms with Crippen molar-refractivity contribution >= 4 is 33.2 Å². The normalized spacial score (nSPS) is 10.3. The fraction of sp³-hybridized carbons (Fsp3) is 0. The summed E-state index contributed by atoms with van der Waals surface area (Å²) < 4.78 is 19.0. The molecule has 0 aliphatic rings. The number of benzene rings is 2. The van der Waals surface area contributed by atoms with Gasteiger partial charge in [-0.15, -0.1) is 0 Å². The Kier molecular flexibility index (Phi) is 4.01. The number of hydrogen-bond donors (Lipinski definition) is 0. The second kappa shape index (κ2) is 5.54. The number of nitro benzene ring substituents is 1. The summed E-state index contributed by atoms with van der Waals surface area (Å²) in [5, 5.41) is 11.1. The number of nitro groups is 1. The first-order valence-electron chi connectivity index (χ1n) is 5.04. The summed E-state index contributed by atoms with van der Waals surface area (Å²) in [5.41, 5.74) is -0.288. The molecule has 7 heteroatoms. The van der Waals surface area contributed by atoms with Gasteiger partial charge in [-0.05, 0) is 40.2 Å². The van der Waals surface area contributed by atoms with E-state index in [1.807, 2.05) is 0 Å². The van der Waals surface area contributed by atoms with Gasteiger partial charge in [-0.3, -0.25) is 10.1 Å². The lowest BCUT2D eigenvalue weighted by atomic mass is 10.3. The van der Waals surface area contributed by atoms with E-state index in [1.165, 1.54) is 30.3 Å². The molecule has 2 aromatic rings. The minimum absolute atomic E-state index is 0.0132. The van der Waals surface area contributed by atoms with Gasteiger partial charge >= 0.3 is 5.69 Å². The zero-order valence-electron chi connectivity index (χ0n) is 9.27. The van der Waals surface area contributed by atoms with Gasteiger partial charge in [-0.2, -0.15) is 0 Å². The molecule has 0 atom stereocenters. The van der Waals surface area contributed by atoms with Crippen molar-refractivity contribution in [2.75, 3.05) is 0 Å². The lowest BCUT2D eigenvalue weighted by Crippen LogP contribution is -1.94. The van der Waals surface area contributed by atoms with Gasteiger partial charge in [0.05, 0.1) is 9.40 Å². The van der Waals surface area contributed by atoms with Crippen LogP contribution in [0.25, 0.3) is 0 Å². The first kappa shape index (κ1) is 13.8. The van der Waals surface area contributed by atoms with Gasteiger partial charge < -0.3 is 4.74 Å². The van der Waals surface area contributed by atoms with Crippen LogP contribution in [-0.4, -0.2) is 4.92 Å². The van der Waals surface area contributed by atoms with Crippen molar-refractivity contribution < 1.29 is 14.1 Å². The van der Waals surface area contributed by atoms with E-state index in [2.05, 4.69) is 15.9 Å². The molecule has 0 aromatic heterocycles. The third-order valence-electron chi connectivity index (χ3n) is 2.23. The third kappa shape index (κ3) is 3.21. The highest BCUT2D eigenvalue weighted by Gasteiger charge is 2.17. The standard InChI is InChI=1S/C12H6BrClFNO3/c13-9-3-2-8(15)6-12(9)19-11-4-1-7(14)5-10(11)16(17)18/h1-6H. The predicted octanol–water partition coefficient (Wildman–Crippen LogP) is 4.94. The molecule has 2 aromatic carbocycles. The molecule has 0 saturated carbocycles. The van der Waals surface area contributed by atoms with Crippen LogP contribution in [0, 0.1) is 15.9 Å². The lowest BCUT2D eigenvalue weighted by molar-refractivity contribution is -0.385. The van der Waals surface area contributed by atoms with Gasteiger partial charge in [0.25, 0.3) is 0 Å². The zero-order valence-corrected chi connectivity index (χ0v) is 11.6. The van der Waals surface area contributed by atoms with Crippen molar-refractivity contribution in [3.63, 3.8) is 0 Å². The average molecular weight is 347 g/mol. The maximum Gasteiger partial charge on any atom is 0.313 e. The van der Waals surface area contributed by atoms with Gasteiger partial charge in [0.1, 0.15) is 11.6 Å². The Morgan fingerprint density at radius 1 is 1.21 bits per heavy atom. The van der Waals surface area contributed by atoms with E-state index in [0.717, 1.165) is 6.07 Å². The number of hydrogen-bond acceptors (Lipinski definition) is 3. The highest BCUT2D eigenvalue weighted by molar-refractivity contribution is 9.10. The molecule has 0 fully saturated rings. The van der Waals surface area contributed by atoms with Crippen LogP contribution in [0.4, 0.5) is 10.1 Å². The lowest BCUT2D eigenvalue weighted by Gasteiger charge is -2.08. The van der Waals surface area contributed by atoms with Crippen LogP contribution in [0.2, 0.25) is 5.02 Å². The molecule has 0 N–H and O–H groups in total. The average Bonchev–Trinajstić information content (AvgIpc) is 2.35. The third-order valence-corrected chi connectivity index (χ3v) is 3.12. The summed E-state index contributed by atoms with van der Waals surface area (Å²) in [7, 11) is 0. The van der Waals surface area contributed by atoms with Gasteiger partial charge in [0, 0.05) is 17.2 Å². The molecule has 0 heterocycles. The quantitative estimate of drug-likeness (QED) is 0.584. The number of rotatable bonds is 3. The Hall–Kier alpha value is -1.66. The van der Waals surface area contributed by atoms with E-state index in [9.17, 15) is 14.5 Å². The molecule has 0 spiro atoms. The molecular weight excluding hydrogens is 340 g/mol. The largest absolute Gasteiger partial charge is 0.449 e. The zero-order chi connectivity index (χ0) is 14.0. The topological polar surface area (TPSA) is 52.4 Å². The summed E-state index contributed by atoms with van der Waals surface area (Å²) in [6, 6.07) is 7.81. The molecule has 98 valence electrons. The summed E-state index contributed by atoms with van der Waals surface area (Å²) in [5.74, 6) is -0.374. The second-order valence-electron chi connectivity index (χ2n) is 3.55. The number of halogens is 3. The smallest absolute Gasteiger partial charge is 0.313 e. The molecule has 0 aliphatic carbocycles. The van der Waals surface area contributed by atoms with Gasteiger partial charge in [0.15, 0.2) is 0 Å². The fourth-order valence-corrected chi connectivity index (χ4v) is 1.89. The van der Waals surface area contributed by atoms with Crippen LogP contribution in [-0.2, 0) is 0 Å². The summed E-state index contributed by atoms with van der Waals surface area (Å²) >= 11 is 8.87. The Labute approximate surface area is 121 Å². The number of ether oxygens (including phenoxy) is 1. The minimum Gasteiger partial charge on any atom is -0.449 e. The highest BCUT2D eigenvalue weighted by atomic mass is 79.9. The molecule has 0 bridgehead atoms. The van der Waals surface area contributed by atoms with E-state index in [0.29, 0.717) is 4.47 Å². The molecule has 2 rings (SSSR count). The van der Waals surface area contributed by atoms with Crippen molar-refractivity contribution in [1.82, 2.24) is 0 Å². The van der Waals surface area contributed by atoms with Crippen molar-refractivity contribution in [2.24, 2.45) is 0 Å². The maximum atomic E-state index is 13.1. The van der Waals surface area contributed by atoms with Crippen LogP contribution in [0.5, 0.6) is 11.5 Å². The summed E-state index contributed by atoms with van der Waals surface area (Å²) in [6.07, 6.45) is 0. The Morgan fingerprint density at radius 2 is 1.95 bits per heavy atom. The monoisotopic (exact) mass is 345 g/mol. The van der Waals surface area contributed by atoms with E-state index in [1.54, 1.807) is 0 Å². The fourth-order valence-electron chi connectivity index (χ4n) is 1.39. The van der Waals surface area contributed by atoms with E-state index >= 15 is 0 Å². The molecule has 4 nitrogen and oxygen atoms in total. The second-order valence-corrected chi connectivity index (χ2v) is 4.84. The van der Waals surface area contributed by atoms with Crippen LogP contribution in [0.15, 0.2) is 40.9 Å². The van der Waals surface area contributed by atoms with E-state index in [-0.39, 0.29) is 22.2 Å². The van der Waals surface area contributed by atoms with Crippen molar-refractivity contribution in [3.8, 4) is 11.5 Å². The van der Waals surface area contributed by atoms with Gasteiger partial charge in [-0.1, -0.05) is 11.6 Å². The Bertz CT molecular complexity index is 651. The Morgan fingerprint density at radius 3 is 2.63 bits per heavy atom. The first-order valence-corrected chi connectivity index (χ1v) is 6.21. The molecule has 0 unspecified atom stereocenters. The van der Waals surface area contributed by atoms with Crippen LogP contribution in [0.1, 0.15) is 0 Å².